The van der Waals surface area contributed by atoms with Crippen molar-refractivity contribution in [3.8, 4) is 5.75 Å². The zero-order chi connectivity index (χ0) is 19.3. The third-order valence-corrected chi connectivity index (χ3v) is 4.25. The number of carbonyl (C=O) groups is 2. The largest absolute Gasteiger partial charge is 0.496 e. The van der Waals surface area contributed by atoms with Crippen molar-refractivity contribution in [2.45, 2.75) is 19.1 Å². The van der Waals surface area contributed by atoms with Gasteiger partial charge in [-0.25, -0.2) is 14.0 Å². The summed E-state index contributed by atoms with van der Waals surface area (Å²) in [5.74, 6) is -2.19. The molecule has 2 aromatic rings. The first-order chi connectivity index (χ1) is 12.3. The molecule has 2 aromatic carbocycles. The van der Waals surface area contributed by atoms with Crippen molar-refractivity contribution in [3.63, 3.8) is 0 Å². The standard InChI is InChI=1S/C19H20FNO5/c1-19(17(22)23,16-14(20)10-7-11-15(16)25-3)21(2)18(24)26-12-13-8-5-4-6-9-13/h4-11H,12H2,1-3H3,(H,22,23). The van der Waals surface area contributed by atoms with E-state index in [1.807, 2.05) is 6.07 Å². The molecule has 1 N–H and O–H groups in total. The van der Waals surface area contributed by atoms with Crippen LogP contribution in [0, 0.1) is 5.82 Å². The molecule has 1 unspecified atom stereocenters. The summed E-state index contributed by atoms with van der Waals surface area (Å²) in [4.78, 5) is 25.3. The van der Waals surface area contributed by atoms with Gasteiger partial charge in [0.25, 0.3) is 0 Å². The maximum absolute atomic E-state index is 14.4. The van der Waals surface area contributed by atoms with Gasteiger partial charge in [0.1, 0.15) is 18.2 Å². The van der Waals surface area contributed by atoms with Crippen LogP contribution < -0.4 is 4.74 Å². The molecule has 0 fully saturated rings. The van der Waals surface area contributed by atoms with Gasteiger partial charge in [-0.05, 0) is 24.6 Å². The highest BCUT2D eigenvalue weighted by Crippen LogP contribution is 2.37. The second-order valence-corrected chi connectivity index (χ2v) is 5.79. The maximum Gasteiger partial charge on any atom is 0.411 e. The number of halogens is 1. The van der Waals surface area contributed by atoms with E-state index in [1.54, 1.807) is 24.3 Å². The van der Waals surface area contributed by atoms with Gasteiger partial charge in [0, 0.05) is 7.05 Å². The average Bonchev–Trinajstić information content (AvgIpc) is 2.65. The van der Waals surface area contributed by atoms with E-state index in [0.29, 0.717) is 0 Å². The van der Waals surface area contributed by atoms with Crippen molar-refractivity contribution in [1.29, 1.82) is 0 Å². The molecule has 7 heteroatoms. The van der Waals surface area contributed by atoms with Crippen LogP contribution in [0.15, 0.2) is 48.5 Å². The Hall–Kier alpha value is -3.09. The van der Waals surface area contributed by atoms with Gasteiger partial charge in [-0.1, -0.05) is 36.4 Å². The average molecular weight is 361 g/mol. The summed E-state index contributed by atoms with van der Waals surface area (Å²) in [6.45, 7) is 1.19. The van der Waals surface area contributed by atoms with Crippen LogP contribution in [0.25, 0.3) is 0 Å². The Morgan fingerprint density at radius 3 is 2.38 bits per heavy atom. The molecule has 0 aliphatic rings. The number of hydrogen-bond donors (Lipinski definition) is 1. The van der Waals surface area contributed by atoms with Crippen LogP contribution in [0.5, 0.6) is 5.75 Å². The molecule has 0 heterocycles. The predicted molar refractivity (Wildman–Crippen MR) is 92.3 cm³/mol. The summed E-state index contributed by atoms with van der Waals surface area (Å²) in [6.07, 6.45) is -0.899. The van der Waals surface area contributed by atoms with E-state index in [-0.39, 0.29) is 17.9 Å². The first-order valence-electron chi connectivity index (χ1n) is 7.83. The van der Waals surface area contributed by atoms with E-state index in [9.17, 15) is 19.1 Å². The second kappa shape index (κ2) is 7.86. The Morgan fingerprint density at radius 2 is 1.81 bits per heavy atom. The number of hydrogen-bond acceptors (Lipinski definition) is 4. The molecule has 0 aromatic heterocycles. The summed E-state index contributed by atoms with van der Waals surface area (Å²) < 4.78 is 24.7. The van der Waals surface area contributed by atoms with Crippen molar-refractivity contribution in [2.75, 3.05) is 14.2 Å². The van der Waals surface area contributed by atoms with Crippen molar-refractivity contribution < 1.29 is 28.6 Å². The van der Waals surface area contributed by atoms with Crippen LogP contribution >= 0.6 is 0 Å². The fourth-order valence-corrected chi connectivity index (χ4v) is 2.56. The minimum absolute atomic E-state index is 0.0256. The van der Waals surface area contributed by atoms with E-state index in [0.717, 1.165) is 16.5 Å². The van der Waals surface area contributed by atoms with Gasteiger partial charge < -0.3 is 14.6 Å². The first-order valence-corrected chi connectivity index (χ1v) is 7.83. The van der Waals surface area contributed by atoms with Crippen LogP contribution in [0.3, 0.4) is 0 Å². The molecule has 0 aliphatic heterocycles. The lowest BCUT2D eigenvalue weighted by atomic mass is 9.89. The van der Waals surface area contributed by atoms with Crippen LogP contribution in [-0.2, 0) is 21.7 Å². The third-order valence-electron chi connectivity index (χ3n) is 4.25. The van der Waals surface area contributed by atoms with Crippen LogP contribution in [0.2, 0.25) is 0 Å². The molecule has 2 rings (SSSR count). The number of benzene rings is 2. The Morgan fingerprint density at radius 1 is 1.15 bits per heavy atom. The quantitative estimate of drug-likeness (QED) is 0.853. The van der Waals surface area contributed by atoms with Crippen molar-refractivity contribution in [1.82, 2.24) is 4.90 Å². The van der Waals surface area contributed by atoms with Crippen molar-refractivity contribution in [3.05, 3.63) is 65.5 Å². The lowest BCUT2D eigenvalue weighted by Crippen LogP contribution is -2.51. The Balaban J connectivity index is 2.33. The minimum atomic E-state index is -2.02. The first kappa shape index (κ1) is 19.2. The van der Waals surface area contributed by atoms with Gasteiger partial charge in [-0.2, -0.15) is 0 Å². The Kier molecular flexibility index (Phi) is 5.82. The van der Waals surface area contributed by atoms with E-state index in [1.165, 1.54) is 33.2 Å². The number of ether oxygens (including phenoxy) is 2. The fraction of sp³-hybridized carbons (Fsp3) is 0.263. The summed E-state index contributed by atoms with van der Waals surface area (Å²) >= 11 is 0. The normalized spacial score (nSPS) is 12.8. The van der Waals surface area contributed by atoms with Crippen LogP contribution in [0.4, 0.5) is 9.18 Å². The molecule has 0 saturated heterocycles. The topological polar surface area (TPSA) is 76.1 Å². The molecule has 26 heavy (non-hydrogen) atoms. The van der Waals surface area contributed by atoms with Crippen molar-refractivity contribution >= 4 is 12.1 Å². The van der Waals surface area contributed by atoms with E-state index >= 15 is 0 Å². The highest BCUT2D eigenvalue weighted by Gasteiger charge is 2.46. The molecular weight excluding hydrogens is 341 g/mol. The summed E-state index contributed by atoms with van der Waals surface area (Å²) in [6, 6.07) is 12.9. The van der Waals surface area contributed by atoms with Gasteiger partial charge in [-0.3, -0.25) is 4.90 Å². The van der Waals surface area contributed by atoms with Gasteiger partial charge in [0.2, 0.25) is 0 Å². The number of nitrogens with zero attached hydrogens (tertiary/aromatic N) is 1. The monoisotopic (exact) mass is 361 g/mol. The van der Waals surface area contributed by atoms with E-state index < -0.39 is 23.4 Å². The van der Waals surface area contributed by atoms with E-state index in [2.05, 4.69) is 0 Å². The Labute approximate surface area is 150 Å². The summed E-state index contributed by atoms with van der Waals surface area (Å²) in [7, 11) is 2.54. The third kappa shape index (κ3) is 3.61. The number of carboxylic acid groups (broad SMARTS) is 1. The van der Waals surface area contributed by atoms with Crippen LogP contribution in [-0.4, -0.2) is 36.2 Å². The SMILES string of the molecule is COc1cccc(F)c1C(C)(C(=O)O)N(C)C(=O)OCc1ccccc1. The fourth-order valence-electron chi connectivity index (χ4n) is 2.56. The molecule has 6 nitrogen and oxygen atoms in total. The number of rotatable bonds is 6. The molecule has 0 radical (unpaired) electrons. The zero-order valence-corrected chi connectivity index (χ0v) is 14.7. The molecule has 138 valence electrons. The highest BCUT2D eigenvalue weighted by atomic mass is 19.1. The highest BCUT2D eigenvalue weighted by molar-refractivity contribution is 5.86. The number of likely N-dealkylation sites (N-methyl/N-ethyl adjacent to an activating group) is 1. The molecule has 0 saturated carbocycles. The molecule has 0 bridgehead atoms. The number of carbonyl (C=O) groups excluding carboxylic acids is 1. The number of methoxy groups -OCH3 is 1. The van der Waals surface area contributed by atoms with Crippen molar-refractivity contribution in [2.24, 2.45) is 0 Å². The maximum atomic E-state index is 14.4. The molecule has 1 amide bonds. The van der Waals surface area contributed by atoms with Gasteiger partial charge in [0.05, 0.1) is 12.7 Å². The number of amides is 1. The number of carboxylic acids is 1. The lowest BCUT2D eigenvalue weighted by molar-refractivity contribution is -0.149. The molecule has 0 aliphatic carbocycles. The molecule has 1 atom stereocenters. The minimum Gasteiger partial charge on any atom is -0.496 e. The molecule has 0 spiro atoms. The summed E-state index contributed by atoms with van der Waals surface area (Å²) in [5, 5.41) is 9.76. The number of aliphatic carboxylic acids is 1. The van der Waals surface area contributed by atoms with Gasteiger partial charge in [0.15, 0.2) is 5.54 Å². The smallest absolute Gasteiger partial charge is 0.411 e. The Bertz CT molecular complexity index is 796. The van der Waals surface area contributed by atoms with Gasteiger partial charge >= 0.3 is 12.1 Å². The summed E-state index contributed by atoms with van der Waals surface area (Å²) in [5.41, 5.74) is -1.53. The lowest BCUT2D eigenvalue weighted by Gasteiger charge is -2.35. The predicted octanol–water partition coefficient (Wildman–Crippen LogP) is 3.40. The zero-order valence-electron chi connectivity index (χ0n) is 14.7. The second-order valence-electron chi connectivity index (χ2n) is 5.79. The van der Waals surface area contributed by atoms with E-state index in [4.69, 9.17) is 9.47 Å². The molecular formula is C19H20FNO5. The van der Waals surface area contributed by atoms with Gasteiger partial charge in [-0.15, -0.1) is 0 Å². The van der Waals surface area contributed by atoms with Crippen LogP contribution in [0.1, 0.15) is 18.1 Å².